The summed E-state index contributed by atoms with van der Waals surface area (Å²) < 4.78 is 9.84. The van der Waals surface area contributed by atoms with Gasteiger partial charge in [-0.05, 0) is 18.2 Å². The van der Waals surface area contributed by atoms with Crippen LogP contribution in [0.15, 0.2) is 24.3 Å². The van der Waals surface area contributed by atoms with E-state index in [0.29, 0.717) is 24.6 Å². The first kappa shape index (κ1) is 18.4. The average molecular weight is 286 g/mol. The molecule has 116 valence electrons. The quantitative estimate of drug-likeness (QED) is 0.530. The Hall–Kier alpha value is -1.63. The number of nitrogens with one attached hydrogen (secondary N) is 2. The minimum atomic E-state index is -0.254. The van der Waals surface area contributed by atoms with Gasteiger partial charge in [-0.15, -0.1) is 0 Å². The van der Waals surface area contributed by atoms with E-state index in [4.69, 9.17) is 14.7 Å². The Morgan fingerprint density at radius 2 is 1.95 bits per heavy atom. The van der Waals surface area contributed by atoms with Crippen molar-refractivity contribution in [3.63, 3.8) is 0 Å². The van der Waals surface area contributed by atoms with Crippen molar-refractivity contribution in [3.05, 3.63) is 24.3 Å². The SMILES string of the molecule is CCC.COCCOCC(=O)Nc1cccc(NO)c1.[HH]. The molecule has 0 fully saturated rings. The second-order valence-electron chi connectivity index (χ2n) is 3.99. The number of carbonyl (C=O) groups excluding carboxylic acids is 1. The summed E-state index contributed by atoms with van der Waals surface area (Å²) in [4.78, 5) is 11.4. The first-order chi connectivity index (χ1) is 9.67. The number of rotatable bonds is 7. The second kappa shape index (κ2) is 12.4. The maximum Gasteiger partial charge on any atom is 0.250 e. The zero-order chi connectivity index (χ0) is 15.2. The molecule has 0 radical (unpaired) electrons. The molecule has 0 bridgehead atoms. The number of carbonyl (C=O) groups is 1. The van der Waals surface area contributed by atoms with Crippen LogP contribution in [0.25, 0.3) is 0 Å². The molecule has 0 unspecified atom stereocenters. The van der Waals surface area contributed by atoms with Crippen molar-refractivity contribution in [2.45, 2.75) is 20.3 Å². The smallest absolute Gasteiger partial charge is 0.250 e. The van der Waals surface area contributed by atoms with Crippen molar-refractivity contribution >= 4 is 17.3 Å². The first-order valence-electron chi connectivity index (χ1n) is 6.54. The lowest BCUT2D eigenvalue weighted by atomic mass is 10.3. The van der Waals surface area contributed by atoms with Crippen molar-refractivity contribution in [2.24, 2.45) is 0 Å². The summed E-state index contributed by atoms with van der Waals surface area (Å²) in [5.41, 5.74) is 3.09. The van der Waals surface area contributed by atoms with Gasteiger partial charge in [0.05, 0.1) is 18.9 Å². The van der Waals surface area contributed by atoms with Gasteiger partial charge in [-0.1, -0.05) is 26.3 Å². The van der Waals surface area contributed by atoms with E-state index in [0.717, 1.165) is 0 Å². The third-order valence-electron chi connectivity index (χ3n) is 1.94. The highest BCUT2D eigenvalue weighted by Gasteiger charge is 2.02. The Morgan fingerprint density at radius 1 is 1.30 bits per heavy atom. The summed E-state index contributed by atoms with van der Waals surface area (Å²) in [5, 5.41) is 11.3. The molecule has 0 aliphatic rings. The Kier molecular flexibility index (Phi) is 11.4. The van der Waals surface area contributed by atoms with Crippen molar-refractivity contribution < 1.29 is 20.9 Å². The van der Waals surface area contributed by atoms with Crippen LogP contribution in [0.1, 0.15) is 21.7 Å². The Morgan fingerprint density at radius 3 is 2.55 bits per heavy atom. The van der Waals surface area contributed by atoms with E-state index in [2.05, 4.69) is 19.2 Å². The van der Waals surface area contributed by atoms with Crippen molar-refractivity contribution in [1.82, 2.24) is 0 Å². The highest BCUT2D eigenvalue weighted by Crippen LogP contribution is 2.13. The molecule has 1 rings (SSSR count). The van der Waals surface area contributed by atoms with Gasteiger partial charge in [-0.2, -0.15) is 0 Å². The van der Waals surface area contributed by atoms with Gasteiger partial charge in [-0.3, -0.25) is 15.5 Å². The van der Waals surface area contributed by atoms with Crippen LogP contribution >= 0.6 is 0 Å². The van der Waals surface area contributed by atoms with Crippen LogP contribution in [0.2, 0.25) is 0 Å². The summed E-state index contributed by atoms with van der Waals surface area (Å²) in [7, 11) is 1.57. The fourth-order valence-corrected chi connectivity index (χ4v) is 1.17. The fraction of sp³-hybridized carbons (Fsp3) is 0.500. The van der Waals surface area contributed by atoms with Crippen molar-refractivity contribution in [2.75, 3.05) is 37.7 Å². The number of hydrogen-bond acceptors (Lipinski definition) is 5. The monoisotopic (exact) mass is 286 g/mol. The zero-order valence-electron chi connectivity index (χ0n) is 12.3. The van der Waals surface area contributed by atoms with Gasteiger partial charge in [0.25, 0.3) is 0 Å². The molecular formula is C14H26N2O4. The van der Waals surface area contributed by atoms with Gasteiger partial charge in [0, 0.05) is 14.2 Å². The molecule has 3 N–H and O–H groups in total. The summed E-state index contributed by atoms with van der Waals surface area (Å²) in [6, 6.07) is 6.70. The molecule has 0 spiro atoms. The average Bonchev–Trinajstić information content (AvgIpc) is 2.45. The Bertz CT molecular complexity index is 378. The van der Waals surface area contributed by atoms with Gasteiger partial charge in [0.1, 0.15) is 6.61 Å². The Labute approximate surface area is 121 Å². The van der Waals surface area contributed by atoms with Crippen molar-refractivity contribution in [3.8, 4) is 0 Å². The molecule has 20 heavy (non-hydrogen) atoms. The Balaban J connectivity index is 0. The van der Waals surface area contributed by atoms with E-state index in [-0.39, 0.29) is 13.9 Å². The first-order valence-corrected chi connectivity index (χ1v) is 6.54. The van der Waals surface area contributed by atoms with E-state index in [1.165, 1.54) is 6.42 Å². The van der Waals surface area contributed by atoms with E-state index in [1.807, 2.05) is 5.48 Å². The van der Waals surface area contributed by atoms with E-state index in [1.54, 1.807) is 31.4 Å². The van der Waals surface area contributed by atoms with Crippen LogP contribution in [0, 0.1) is 0 Å². The molecule has 1 amide bonds. The van der Waals surface area contributed by atoms with Crippen molar-refractivity contribution in [1.29, 1.82) is 0 Å². The summed E-state index contributed by atoms with van der Waals surface area (Å²) in [5.74, 6) is -0.254. The standard InChI is InChI=1S/C11H16N2O4.C3H8.H2/c1-16-5-6-17-8-11(14)12-9-3-2-4-10(7-9)13-15;1-3-2;/h2-4,7,13,15H,5-6,8H2,1H3,(H,12,14);3H2,1-2H3;1H. The molecule has 0 saturated heterocycles. The molecule has 0 heterocycles. The van der Waals surface area contributed by atoms with Crippen LogP contribution in [-0.2, 0) is 14.3 Å². The number of anilines is 2. The lowest BCUT2D eigenvalue weighted by Crippen LogP contribution is -2.19. The molecule has 1 aromatic carbocycles. The minimum absolute atomic E-state index is 0. The molecule has 6 nitrogen and oxygen atoms in total. The molecule has 0 atom stereocenters. The predicted molar refractivity (Wildman–Crippen MR) is 81.3 cm³/mol. The zero-order valence-corrected chi connectivity index (χ0v) is 12.3. The molecule has 1 aromatic rings. The van der Waals surface area contributed by atoms with Gasteiger partial charge >= 0.3 is 0 Å². The predicted octanol–water partition coefficient (Wildman–Crippen LogP) is 2.75. The third-order valence-corrected chi connectivity index (χ3v) is 1.94. The van der Waals surface area contributed by atoms with Gasteiger partial charge in [-0.25, -0.2) is 0 Å². The molecule has 0 aliphatic carbocycles. The number of benzene rings is 1. The molecule has 0 saturated carbocycles. The van der Waals surface area contributed by atoms with Crippen LogP contribution in [0.5, 0.6) is 0 Å². The lowest BCUT2D eigenvalue weighted by molar-refractivity contribution is -0.121. The highest BCUT2D eigenvalue weighted by atomic mass is 16.5. The normalized spacial score (nSPS) is 9.40. The largest absolute Gasteiger partial charge is 0.382 e. The third kappa shape index (κ3) is 9.32. The molecule has 0 aliphatic heterocycles. The van der Waals surface area contributed by atoms with Gasteiger partial charge in [0.2, 0.25) is 5.91 Å². The van der Waals surface area contributed by atoms with Crippen LogP contribution in [-0.4, -0.2) is 38.0 Å². The molecule has 0 aromatic heterocycles. The summed E-state index contributed by atoms with van der Waals surface area (Å²) >= 11 is 0. The maximum atomic E-state index is 11.4. The molecule has 6 heteroatoms. The topological polar surface area (TPSA) is 79.8 Å². The van der Waals surface area contributed by atoms with E-state index in [9.17, 15) is 4.79 Å². The summed E-state index contributed by atoms with van der Waals surface area (Å²) in [6.07, 6.45) is 1.25. The van der Waals surface area contributed by atoms with Crippen LogP contribution in [0.4, 0.5) is 11.4 Å². The number of methoxy groups -OCH3 is 1. The number of ether oxygens (including phenoxy) is 2. The van der Waals surface area contributed by atoms with E-state index < -0.39 is 0 Å². The van der Waals surface area contributed by atoms with Gasteiger partial charge in [0.15, 0.2) is 0 Å². The number of hydrogen-bond donors (Lipinski definition) is 3. The van der Waals surface area contributed by atoms with Gasteiger partial charge < -0.3 is 14.8 Å². The molecular weight excluding hydrogens is 260 g/mol. The highest BCUT2D eigenvalue weighted by molar-refractivity contribution is 5.92. The minimum Gasteiger partial charge on any atom is -0.382 e. The summed E-state index contributed by atoms with van der Waals surface area (Å²) in [6.45, 7) is 5.06. The van der Waals surface area contributed by atoms with E-state index >= 15 is 0 Å². The van der Waals surface area contributed by atoms with Crippen LogP contribution in [0.3, 0.4) is 0 Å². The fourth-order valence-electron chi connectivity index (χ4n) is 1.17. The van der Waals surface area contributed by atoms with Crippen LogP contribution < -0.4 is 10.8 Å². The lowest BCUT2D eigenvalue weighted by Gasteiger charge is -2.07. The second-order valence-corrected chi connectivity index (χ2v) is 3.99. The maximum absolute atomic E-state index is 11.4. The number of amides is 1.